The Morgan fingerprint density at radius 1 is 0.786 bits per heavy atom. The Hall–Kier alpha value is -0.920. The molecule has 0 fully saturated rings. The first kappa shape index (κ1) is 27.1. The number of aliphatic hydroxyl groups is 1. The topological polar surface area (TPSA) is 29.5 Å². The van der Waals surface area contributed by atoms with Crippen LogP contribution in [-0.2, 0) is 4.74 Å². The van der Waals surface area contributed by atoms with Crippen LogP contribution in [0.1, 0.15) is 33.6 Å². The van der Waals surface area contributed by atoms with E-state index in [9.17, 15) is 57.8 Å². The molecule has 0 saturated heterocycles. The summed E-state index contributed by atoms with van der Waals surface area (Å²) in [5.74, 6) is -35.3. The monoisotopic (exact) mass is 446 g/mol. The zero-order chi connectivity index (χ0) is 23.0. The molecule has 1 unspecified atom stereocenters. The average Bonchev–Trinajstić information content (AvgIpc) is 2.53. The Kier molecular flexibility index (Phi) is 7.81. The van der Waals surface area contributed by atoms with E-state index in [1.54, 1.807) is 0 Å². The highest BCUT2D eigenvalue weighted by molar-refractivity contribution is 5.09. The van der Waals surface area contributed by atoms with Crippen LogP contribution >= 0.6 is 0 Å². The zero-order valence-corrected chi connectivity index (χ0v) is 14.7. The minimum atomic E-state index is -7.55. The van der Waals surface area contributed by atoms with Crippen molar-refractivity contribution < 1.29 is 62.5 Å². The van der Waals surface area contributed by atoms with Gasteiger partial charge < -0.3 is 9.84 Å². The van der Waals surface area contributed by atoms with Gasteiger partial charge in [-0.25, -0.2) is 8.78 Å². The maximum atomic E-state index is 13.5. The maximum Gasteiger partial charge on any atom is 0.384 e. The number of hydrogen-bond acceptors (Lipinski definition) is 2. The van der Waals surface area contributed by atoms with Crippen LogP contribution in [0.4, 0.5) is 52.7 Å². The van der Waals surface area contributed by atoms with Crippen molar-refractivity contribution in [2.24, 2.45) is 5.41 Å². The van der Waals surface area contributed by atoms with Crippen LogP contribution in [0.2, 0.25) is 0 Å². The lowest BCUT2D eigenvalue weighted by Crippen LogP contribution is -2.68. The Bertz CT molecular complexity index is 518. The quantitative estimate of drug-likeness (QED) is 0.331. The summed E-state index contributed by atoms with van der Waals surface area (Å²) in [7, 11) is 0. The van der Waals surface area contributed by atoms with E-state index in [0.717, 1.165) is 0 Å². The Morgan fingerprint density at radius 3 is 1.57 bits per heavy atom. The maximum absolute atomic E-state index is 13.5. The van der Waals surface area contributed by atoms with E-state index in [2.05, 4.69) is 4.74 Å². The van der Waals surface area contributed by atoms with Gasteiger partial charge in [0.25, 0.3) is 0 Å². The van der Waals surface area contributed by atoms with Crippen molar-refractivity contribution in [3.63, 3.8) is 0 Å². The zero-order valence-electron chi connectivity index (χ0n) is 14.7. The highest BCUT2D eigenvalue weighted by Crippen LogP contribution is 2.58. The molecule has 0 aliphatic heterocycles. The number of alkyl halides is 12. The number of ether oxygens (including phenoxy) is 1. The van der Waals surface area contributed by atoms with Gasteiger partial charge in [-0.05, 0) is 6.42 Å². The Balaban J connectivity index is 5.59. The lowest BCUT2D eigenvalue weighted by Gasteiger charge is -2.39. The van der Waals surface area contributed by atoms with E-state index in [4.69, 9.17) is 0 Å². The molecule has 0 saturated carbocycles. The molecule has 0 amide bonds. The summed E-state index contributed by atoms with van der Waals surface area (Å²) in [6.07, 6.45) is -9.59. The van der Waals surface area contributed by atoms with Crippen LogP contribution < -0.4 is 0 Å². The van der Waals surface area contributed by atoms with Crippen molar-refractivity contribution in [2.45, 2.75) is 75.9 Å². The minimum absolute atomic E-state index is 0.188. The molecule has 0 aliphatic carbocycles. The number of hydrogen-bond donors (Lipinski definition) is 1. The molecule has 0 rings (SSSR count). The standard InChI is InChI=1S/C14H18F12O2/c1-4-9(2,3)8(27)28-6-5-10(17,18)12(21,22)14(25,26)13(23,24)11(19,20)7(15)16/h7-8,27H,4-6H2,1-3H3. The second-order valence-corrected chi connectivity index (χ2v) is 6.67. The highest BCUT2D eigenvalue weighted by Gasteiger charge is 2.87. The van der Waals surface area contributed by atoms with Gasteiger partial charge in [0, 0.05) is 11.8 Å². The second kappa shape index (κ2) is 8.07. The normalized spacial score (nSPS) is 16.6. The van der Waals surface area contributed by atoms with Crippen LogP contribution in [0.5, 0.6) is 0 Å². The highest BCUT2D eigenvalue weighted by atomic mass is 19.4. The van der Waals surface area contributed by atoms with Crippen molar-refractivity contribution in [2.75, 3.05) is 6.61 Å². The lowest BCUT2D eigenvalue weighted by molar-refractivity contribution is -0.413. The third-order valence-corrected chi connectivity index (χ3v) is 4.21. The first-order valence-corrected chi connectivity index (χ1v) is 7.60. The summed E-state index contributed by atoms with van der Waals surface area (Å²) < 4.78 is 160. The summed E-state index contributed by atoms with van der Waals surface area (Å²) in [6, 6.07) is 0. The first-order valence-electron chi connectivity index (χ1n) is 7.60. The van der Waals surface area contributed by atoms with Gasteiger partial charge in [-0.1, -0.05) is 20.8 Å². The van der Waals surface area contributed by atoms with Gasteiger partial charge in [0.15, 0.2) is 6.29 Å². The van der Waals surface area contributed by atoms with Crippen LogP contribution in [0.25, 0.3) is 0 Å². The van der Waals surface area contributed by atoms with Crippen molar-refractivity contribution in [1.29, 1.82) is 0 Å². The fraction of sp³-hybridized carbons (Fsp3) is 1.00. The summed E-state index contributed by atoms with van der Waals surface area (Å²) >= 11 is 0. The van der Waals surface area contributed by atoms with Crippen LogP contribution in [0.15, 0.2) is 0 Å². The molecule has 170 valence electrons. The molecule has 2 nitrogen and oxygen atoms in total. The van der Waals surface area contributed by atoms with E-state index in [-0.39, 0.29) is 6.42 Å². The van der Waals surface area contributed by atoms with Gasteiger partial charge >= 0.3 is 36.0 Å². The summed E-state index contributed by atoms with van der Waals surface area (Å²) in [5, 5.41) is 9.53. The molecule has 14 heteroatoms. The molecule has 0 aromatic heterocycles. The predicted octanol–water partition coefficient (Wildman–Crippen LogP) is 5.59. The minimum Gasteiger partial charge on any atom is -0.368 e. The van der Waals surface area contributed by atoms with Gasteiger partial charge in [0.2, 0.25) is 0 Å². The second-order valence-electron chi connectivity index (χ2n) is 6.67. The first-order chi connectivity index (χ1) is 12.1. The molecule has 0 radical (unpaired) electrons. The molecule has 28 heavy (non-hydrogen) atoms. The smallest absolute Gasteiger partial charge is 0.368 e. The molecular weight excluding hydrogens is 428 g/mol. The fourth-order valence-corrected chi connectivity index (χ4v) is 1.63. The van der Waals surface area contributed by atoms with Crippen molar-refractivity contribution in [3.05, 3.63) is 0 Å². The summed E-state index contributed by atoms with van der Waals surface area (Å²) in [5.41, 5.74) is -1.09. The molecule has 1 N–H and O–H groups in total. The molecule has 0 bridgehead atoms. The molecule has 1 atom stereocenters. The van der Waals surface area contributed by atoms with Gasteiger partial charge in [-0.3, -0.25) is 0 Å². The van der Waals surface area contributed by atoms with Crippen molar-refractivity contribution in [1.82, 2.24) is 0 Å². The summed E-state index contributed by atoms with van der Waals surface area (Å²) in [4.78, 5) is 0. The third-order valence-electron chi connectivity index (χ3n) is 4.21. The molecule has 0 aromatic rings. The third kappa shape index (κ3) is 4.46. The molecule has 0 aliphatic rings. The van der Waals surface area contributed by atoms with E-state index < -0.39 is 60.8 Å². The van der Waals surface area contributed by atoms with Crippen LogP contribution in [0, 0.1) is 5.41 Å². The van der Waals surface area contributed by atoms with Gasteiger partial charge in [0.05, 0.1) is 6.61 Å². The number of halogens is 12. The summed E-state index contributed by atoms with van der Waals surface area (Å²) in [6.45, 7) is 2.66. The number of aliphatic hydroxyl groups excluding tert-OH is 1. The molecule has 0 heterocycles. The van der Waals surface area contributed by atoms with Crippen molar-refractivity contribution in [3.8, 4) is 0 Å². The van der Waals surface area contributed by atoms with Crippen LogP contribution in [0.3, 0.4) is 0 Å². The van der Waals surface area contributed by atoms with Crippen molar-refractivity contribution >= 4 is 0 Å². The molecule has 0 spiro atoms. The van der Waals surface area contributed by atoms with E-state index in [1.807, 2.05) is 0 Å². The largest absolute Gasteiger partial charge is 0.384 e. The van der Waals surface area contributed by atoms with E-state index in [0.29, 0.717) is 0 Å². The van der Waals surface area contributed by atoms with Gasteiger partial charge in [-0.2, -0.15) is 43.9 Å². The average molecular weight is 446 g/mol. The van der Waals surface area contributed by atoms with Gasteiger partial charge in [0.1, 0.15) is 0 Å². The van der Waals surface area contributed by atoms with Crippen LogP contribution in [-0.4, -0.2) is 54.0 Å². The van der Waals surface area contributed by atoms with Gasteiger partial charge in [-0.15, -0.1) is 0 Å². The van der Waals surface area contributed by atoms with E-state index >= 15 is 0 Å². The molecular formula is C14H18F12O2. The lowest BCUT2D eigenvalue weighted by atomic mass is 9.89. The SMILES string of the molecule is CCC(C)(C)C(O)OCCC(F)(F)C(F)(F)C(F)(F)C(F)(F)C(F)(F)C(F)F. The Labute approximate surface area is 151 Å². The fourth-order valence-electron chi connectivity index (χ4n) is 1.63. The predicted molar refractivity (Wildman–Crippen MR) is 71.4 cm³/mol. The Morgan fingerprint density at radius 2 is 1.21 bits per heavy atom. The number of rotatable bonds is 11. The molecule has 0 aromatic carbocycles. The van der Waals surface area contributed by atoms with E-state index in [1.165, 1.54) is 20.8 Å².